The fourth-order valence-corrected chi connectivity index (χ4v) is 2.90. The van der Waals surface area contributed by atoms with Crippen LogP contribution in [0.15, 0.2) is 12.3 Å². The first kappa shape index (κ1) is 13.6. The van der Waals surface area contributed by atoms with E-state index < -0.39 is 5.97 Å². The maximum Gasteiger partial charge on any atom is 0.338 e. The Hall–Kier alpha value is -1.78. The van der Waals surface area contributed by atoms with Gasteiger partial charge in [-0.15, -0.1) is 0 Å². The lowest BCUT2D eigenvalue weighted by atomic mass is 9.85. The normalized spacial score (nSPS) is 27.3. The van der Waals surface area contributed by atoms with E-state index in [0.29, 0.717) is 23.6 Å². The summed E-state index contributed by atoms with van der Waals surface area (Å²) in [5.74, 6) is 0.363. The standard InChI is InChI=1S/C14H21N3O2/c1-8-4-9(2)10(3)17(7-8)12-6-16-13(15)5-11(12)14(18)19/h5-6,8-10H,4,7H2,1-3H3,(H2,15,16)(H,18,19). The molecule has 3 unspecified atom stereocenters. The van der Waals surface area contributed by atoms with Crippen LogP contribution in [0.3, 0.4) is 0 Å². The van der Waals surface area contributed by atoms with Crippen molar-refractivity contribution in [2.45, 2.75) is 33.2 Å². The zero-order valence-corrected chi connectivity index (χ0v) is 11.6. The second-order valence-electron chi connectivity index (χ2n) is 5.64. The fraction of sp³-hybridized carbons (Fsp3) is 0.571. The number of anilines is 2. The van der Waals surface area contributed by atoms with Crippen molar-refractivity contribution in [3.63, 3.8) is 0 Å². The Bertz CT molecular complexity index is 490. The highest BCUT2D eigenvalue weighted by atomic mass is 16.4. The third kappa shape index (κ3) is 2.64. The van der Waals surface area contributed by atoms with Crippen molar-refractivity contribution in [1.82, 2.24) is 4.98 Å². The third-order valence-electron chi connectivity index (χ3n) is 4.04. The van der Waals surface area contributed by atoms with Crippen LogP contribution in [0.4, 0.5) is 11.5 Å². The van der Waals surface area contributed by atoms with Crippen molar-refractivity contribution in [3.8, 4) is 0 Å². The summed E-state index contributed by atoms with van der Waals surface area (Å²) in [5.41, 5.74) is 6.50. The number of hydrogen-bond donors (Lipinski definition) is 2. The molecule has 104 valence electrons. The van der Waals surface area contributed by atoms with Crippen LogP contribution in [0.1, 0.15) is 37.6 Å². The van der Waals surface area contributed by atoms with Crippen LogP contribution in [0, 0.1) is 11.8 Å². The molecule has 3 N–H and O–H groups in total. The lowest BCUT2D eigenvalue weighted by Crippen LogP contribution is -2.46. The number of nitrogens with zero attached hydrogens (tertiary/aromatic N) is 2. The number of nitrogen functional groups attached to an aromatic ring is 1. The maximum absolute atomic E-state index is 11.4. The molecule has 0 bridgehead atoms. The van der Waals surface area contributed by atoms with Crippen LogP contribution in [0.5, 0.6) is 0 Å². The van der Waals surface area contributed by atoms with E-state index in [1.807, 2.05) is 0 Å². The van der Waals surface area contributed by atoms with E-state index in [9.17, 15) is 9.90 Å². The topological polar surface area (TPSA) is 79.5 Å². The van der Waals surface area contributed by atoms with E-state index in [-0.39, 0.29) is 11.4 Å². The maximum atomic E-state index is 11.4. The molecule has 1 aliphatic heterocycles. The summed E-state index contributed by atoms with van der Waals surface area (Å²) in [7, 11) is 0. The number of carboxylic acid groups (broad SMARTS) is 1. The number of rotatable bonds is 2. The number of hydrogen-bond acceptors (Lipinski definition) is 4. The highest BCUT2D eigenvalue weighted by Crippen LogP contribution is 2.33. The summed E-state index contributed by atoms with van der Waals surface area (Å²) in [6, 6.07) is 1.74. The second kappa shape index (κ2) is 5.07. The van der Waals surface area contributed by atoms with Crippen LogP contribution in [-0.4, -0.2) is 28.6 Å². The van der Waals surface area contributed by atoms with Gasteiger partial charge in [-0.1, -0.05) is 13.8 Å². The van der Waals surface area contributed by atoms with E-state index in [4.69, 9.17) is 5.73 Å². The number of aromatic carboxylic acids is 1. The van der Waals surface area contributed by atoms with Crippen molar-refractivity contribution in [3.05, 3.63) is 17.8 Å². The SMILES string of the molecule is CC1CC(C)C(C)N(c2cnc(N)cc2C(=O)O)C1. The van der Waals surface area contributed by atoms with Gasteiger partial charge in [0.15, 0.2) is 0 Å². The van der Waals surface area contributed by atoms with E-state index in [0.717, 1.165) is 6.54 Å². The summed E-state index contributed by atoms with van der Waals surface area (Å²) in [6.07, 6.45) is 2.75. The Kier molecular flexibility index (Phi) is 3.64. The van der Waals surface area contributed by atoms with Crippen LogP contribution in [0.2, 0.25) is 0 Å². The van der Waals surface area contributed by atoms with Gasteiger partial charge in [0, 0.05) is 12.6 Å². The molecule has 19 heavy (non-hydrogen) atoms. The molecule has 0 aromatic carbocycles. The van der Waals surface area contributed by atoms with Crippen molar-refractivity contribution in [1.29, 1.82) is 0 Å². The Morgan fingerprint density at radius 3 is 2.79 bits per heavy atom. The minimum absolute atomic E-state index is 0.237. The van der Waals surface area contributed by atoms with Gasteiger partial charge in [0.2, 0.25) is 0 Å². The highest BCUT2D eigenvalue weighted by Gasteiger charge is 2.31. The third-order valence-corrected chi connectivity index (χ3v) is 4.04. The van der Waals surface area contributed by atoms with Crippen molar-refractivity contribution >= 4 is 17.5 Å². The molecule has 5 heteroatoms. The predicted molar refractivity (Wildman–Crippen MR) is 75.4 cm³/mol. The van der Waals surface area contributed by atoms with Crippen LogP contribution >= 0.6 is 0 Å². The molecule has 0 amide bonds. The molecule has 2 heterocycles. The monoisotopic (exact) mass is 263 g/mol. The molecule has 1 fully saturated rings. The number of piperidine rings is 1. The van der Waals surface area contributed by atoms with Gasteiger partial charge in [-0.2, -0.15) is 0 Å². The first-order chi connectivity index (χ1) is 8.90. The second-order valence-corrected chi connectivity index (χ2v) is 5.64. The number of aromatic nitrogens is 1. The molecule has 1 aliphatic rings. The van der Waals surface area contributed by atoms with Crippen molar-refractivity contribution < 1.29 is 9.90 Å². The minimum Gasteiger partial charge on any atom is -0.478 e. The average Bonchev–Trinajstić information content (AvgIpc) is 2.34. The molecule has 0 aliphatic carbocycles. The number of nitrogens with two attached hydrogens (primary N) is 1. The Morgan fingerprint density at radius 2 is 2.16 bits per heavy atom. The van der Waals surface area contributed by atoms with E-state index in [1.165, 1.54) is 12.5 Å². The lowest BCUT2D eigenvalue weighted by molar-refractivity contribution is 0.0697. The van der Waals surface area contributed by atoms with Crippen molar-refractivity contribution in [2.75, 3.05) is 17.2 Å². The van der Waals surface area contributed by atoms with E-state index in [1.54, 1.807) is 6.20 Å². The first-order valence-electron chi connectivity index (χ1n) is 6.65. The van der Waals surface area contributed by atoms with E-state index in [2.05, 4.69) is 30.7 Å². The molecule has 3 atom stereocenters. The number of pyridine rings is 1. The van der Waals surface area contributed by atoms with Gasteiger partial charge in [0.25, 0.3) is 0 Å². The predicted octanol–water partition coefficient (Wildman–Crippen LogP) is 2.23. The Balaban J connectivity index is 2.42. The summed E-state index contributed by atoms with van der Waals surface area (Å²) >= 11 is 0. The van der Waals surface area contributed by atoms with Crippen molar-refractivity contribution in [2.24, 2.45) is 11.8 Å². The molecule has 1 aromatic rings. The quantitative estimate of drug-likeness (QED) is 0.855. The smallest absolute Gasteiger partial charge is 0.338 e. The minimum atomic E-state index is -0.956. The van der Waals surface area contributed by atoms with Gasteiger partial charge in [0.1, 0.15) is 5.82 Å². The molecule has 0 saturated carbocycles. The molecule has 0 spiro atoms. The molecular formula is C14H21N3O2. The zero-order valence-electron chi connectivity index (χ0n) is 11.6. The number of carbonyl (C=O) groups is 1. The average molecular weight is 263 g/mol. The summed E-state index contributed by atoms with van der Waals surface area (Å²) in [4.78, 5) is 17.6. The molecule has 2 rings (SSSR count). The van der Waals surface area contributed by atoms with Gasteiger partial charge in [-0.05, 0) is 31.2 Å². The Morgan fingerprint density at radius 1 is 1.47 bits per heavy atom. The van der Waals surface area contributed by atoms with Crippen LogP contribution < -0.4 is 10.6 Å². The van der Waals surface area contributed by atoms with Crippen LogP contribution in [-0.2, 0) is 0 Å². The van der Waals surface area contributed by atoms with Gasteiger partial charge in [-0.3, -0.25) is 0 Å². The molecule has 1 aromatic heterocycles. The largest absolute Gasteiger partial charge is 0.478 e. The van der Waals surface area contributed by atoms with E-state index >= 15 is 0 Å². The van der Waals surface area contributed by atoms with Crippen LogP contribution in [0.25, 0.3) is 0 Å². The Labute approximate surface area is 113 Å². The fourth-order valence-electron chi connectivity index (χ4n) is 2.90. The molecule has 0 radical (unpaired) electrons. The zero-order chi connectivity index (χ0) is 14.2. The highest BCUT2D eigenvalue weighted by molar-refractivity contribution is 5.95. The van der Waals surface area contributed by atoms with Gasteiger partial charge in [-0.25, -0.2) is 9.78 Å². The first-order valence-corrected chi connectivity index (χ1v) is 6.65. The lowest BCUT2D eigenvalue weighted by Gasteiger charge is -2.42. The van der Waals surface area contributed by atoms with Gasteiger partial charge >= 0.3 is 5.97 Å². The molecule has 1 saturated heterocycles. The summed E-state index contributed by atoms with van der Waals surface area (Å²) < 4.78 is 0. The van der Waals surface area contributed by atoms with Gasteiger partial charge in [0.05, 0.1) is 17.4 Å². The molecular weight excluding hydrogens is 242 g/mol. The number of carboxylic acids is 1. The molecule has 5 nitrogen and oxygen atoms in total. The van der Waals surface area contributed by atoms with Gasteiger partial charge < -0.3 is 15.7 Å². The summed E-state index contributed by atoms with van der Waals surface area (Å²) in [5, 5.41) is 9.33. The summed E-state index contributed by atoms with van der Waals surface area (Å²) in [6.45, 7) is 7.40.